The number of hydrogen-bond donors (Lipinski definition) is 2. The first-order chi connectivity index (χ1) is 7.31. The molecule has 98 valence electrons. The number of rotatable bonds is 7. The first-order valence-electron chi connectivity index (χ1n) is 6.39. The van der Waals surface area contributed by atoms with Crippen LogP contribution >= 0.6 is 0 Å². The molecule has 0 fully saturated rings. The van der Waals surface area contributed by atoms with Crippen molar-refractivity contribution in [1.29, 1.82) is 0 Å². The second-order valence-corrected chi connectivity index (χ2v) is 6.04. The van der Waals surface area contributed by atoms with E-state index in [0.29, 0.717) is 11.3 Å². The molecule has 0 aromatic heterocycles. The number of hydrazine groups is 1. The summed E-state index contributed by atoms with van der Waals surface area (Å²) in [5.74, 6) is 6.13. The van der Waals surface area contributed by atoms with Gasteiger partial charge in [0.15, 0.2) is 0 Å². The van der Waals surface area contributed by atoms with Gasteiger partial charge >= 0.3 is 0 Å². The maximum atomic E-state index is 5.78. The van der Waals surface area contributed by atoms with Crippen molar-refractivity contribution in [3.63, 3.8) is 0 Å². The van der Waals surface area contributed by atoms with E-state index in [4.69, 9.17) is 10.6 Å². The SMILES string of the molecule is CCOC(C(C)C)C(CCC(C)(C)C)NN. The van der Waals surface area contributed by atoms with Gasteiger partial charge in [-0.05, 0) is 31.1 Å². The molecule has 2 atom stereocenters. The minimum atomic E-state index is 0.206. The van der Waals surface area contributed by atoms with Crippen LogP contribution in [0.25, 0.3) is 0 Å². The Morgan fingerprint density at radius 1 is 1.25 bits per heavy atom. The summed E-state index contributed by atoms with van der Waals surface area (Å²) >= 11 is 0. The molecule has 0 heterocycles. The van der Waals surface area contributed by atoms with Gasteiger partial charge in [-0.1, -0.05) is 34.6 Å². The molecule has 0 bridgehead atoms. The van der Waals surface area contributed by atoms with Crippen LogP contribution < -0.4 is 11.3 Å². The monoisotopic (exact) mass is 230 g/mol. The highest BCUT2D eigenvalue weighted by Crippen LogP contribution is 2.24. The van der Waals surface area contributed by atoms with Crippen LogP contribution in [0.15, 0.2) is 0 Å². The maximum Gasteiger partial charge on any atom is 0.0764 e. The topological polar surface area (TPSA) is 47.3 Å². The molecule has 3 N–H and O–H groups in total. The lowest BCUT2D eigenvalue weighted by Gasteiger charge is -2.31. The number of nitrogens with one attached hydrogen (secondary N) is 1. The zero-order valence-electron chi connectivity index (χ0n) is 11.8. The molecule has 2 unspecified atom stereocenters. The summed E-state index contributed by atoms with van der Waals surface area (Å²) < 4.78 is 5.78. The lowest BCUT2D eigenvalue weighted by Crippen LogP contribution is -2.48. The van der Waals surface area contributed by atoms with Crippen molar-refractivity contribution in [3.8, 4) is 0 Å². The lowest BCUT2D eigenvalue weighted by atomic mass is 9.86. The summed E-state index contributed by atoms with van der Waals surface area (Å²) in [4.78, 5) is 0. The number of ether oxygens (including phenoxy) is 1. The second-order valence-electron chi connectivity index (χ2n) is 6.04. The van der Waals surface area contributed by atoms with Crippen LogP contribution in [0.1, 0.15) is 54.4 Å². The van der Waals surface area contributed by atoms with E-state index in [0.717, 1.165) is 19.4 Å². The average molecular weight is 230 g/mol. The Labute approximate surface area is 101 Å². The van der Waals surface area contributed by atoms with Gasteiger partial charge in [0.05, 0.1) is 6.10 Å². The summed E-state index contributed by atoms with van der Waals surface area (Å²) in [6.07, 6.45) is 2.42. The Morgan fingerprint density at radius 3 is 2.12 bits per heavy atom. The molecule has 0 aromatic rings. The van der Waals surface area contributed by atoms with Crippen LogP contribution in [0.2, 0.25) is 0 Å². The van der Waals surface area contributed by atoms with Crippen molar-refractivity contribution >= 4 is 0 Å². The van der Waals surface area contributed by atoms with Crippen molar-refractivity contribution in [2.75, 3.05) is 6.61 Å². The van der Waals surface area contributed by atoms with Gasteiger partial charge < -0.3 is 4.74 Å². The number of hydrogen-bond acceptors (Lipinski definition) is 3. The van der Waals surface area contributed by atoms with E-state index in [-0.39, 0.29) is 12.1 Å². The molecule has 0 aliphatic heterocycles. The second kappa shape index (κ2) is 7.25. The van der Waals surface area contributed by atoms with Gasteiger partial charge in [0.25, 0.3) is 0 Å². The van der Waals surface area contributed by atoms with Gasteiger partial charge in [0.2, 0.25) is 0 Å². The molecule has 0 saturated carbocycles. The predicted molar refractivity (Wildman–Crippen MR) is 70.1 cm³/mol. The third-order valence-corrected chi connectivity index (χ3v) is 2.83. The van der Waals surface area contributed by atoms with Crippen LogP contribution in [0.4, 0.5) is 0 Å². The fraction of sp³-hybridized carbons (Fsp3) is 1.00. The lowest BCUT2D eigenvalue weighted by molar-refractivity contribution is -0.000895. The molecule has 0 amide bonds. The summed E-state index contributed by atoms with van der Waals surface area (Å²) in [5, 5.41) is 0. The highest BCUT2D eigenvalue weighted by atomic mass is 16.5. The third-order valence-electron chi connectivity index (χ3n) is 2.83. The van der Waals surface area contributed by atoms with Gasteiger partial charge in [-0.15, -0.1) is 0 Å². The van der Waals surface area contributed by atoms with E-state index in [1.807, 2.05) is 6.92 Å². The minimum absolute atomic E-state index is 0.206. The zero-order valence-corrected chi connectivity index (χ0v) is 11.8. The Hall–Kier alpha value is -0.120. The van der Waals surface area contributed by atoms with Gasteiger partial charge in [-0.25, -0.2) is 0 Å². The molecule has 16 heavy (non-hydrogen) atoms. The largest absolute Gasteiger partial charge is 0.377 e. The summed E-state index contributed by atoms with van der Waals surface area (Å²) in [7, 11) is 0. The van der Waals surface area contributed by atoms with E-state index in [2.05, 4.69) is 40.0 Å². The van der Waals surface area contributed by atoms with Crippen molar-refractivity contribution in [2.24, 2.45) is 17.2 Å². The highest BCUT2D eigenvalue weighted by molar-refractivity contribution is 4.79. The molecule has 0 spiro atoms. The van der Waals surface area contributed by atoms with E-state index in [1.165, 1.54) is 0 Å². The number of nitrogens with two attached hydrogens (primary N) is 1. The normalized spacial score (nSPS) is 16.5. The Kier molecular flexibility index (Phi) is 7.20. The van der Waals surface area contributed by atoms with Crippen LogP contribution in [-0.2, 0) is 4.74 Å². The first-order valence-corrected chi connectivity index (χ1v) is 6.39. The Bertz CT molecular complexity index is 175. The Balaban J connectivity index is 4.31. The molecule has 0 aliphatic carbocycles. The third kappa shape index (κ3) is 6.46. The fourth-order valence-electron chi connectivity index (χ4n) is 1.90. The van der Waals surface area contributed by atoms with Crippen LogP contribution in [0.3, 0.4) is 0 Å². The average Bonchev–Trinajstić information content (AvgIpc) is 2.15. The molecular weight excluding hydrogens is 200 g/mol. The van der Waals surface area contributed by atoms with E-state index in [9.17, 15) is 0 Å². The molecular formula is C13H30N2O. The molecule has 0 saturated heterocycles. The van der Waals surface area contributed by atoms with Gasteiger partial charge in [0.1, 0.15) is 0 Å². The van der Waals surface area contributed by atoms with Crippen molar-refractivity contribution in [3.05, 3.63) is 0 Å². The maximum absolute atomic E-state index is 5.78. The molecule has 0 radical (unpaired) electrons. The summed E-state index contributed by atoms with van der Waals surface area (Å²) in [5.41, 5.74) is 3.27. The van der Waals surface area contributed by atoms with Gasteiger partial charge in [-0.2, -0.15) is 0 Å². The molecule has 0 rings (SSSR count). The Morgan fingerprint density at radius 2 is 1.81 bits per heavy atom. The van der Waals surface area contributed by atoms with Crippen LogP contribution in [0, 0.1) is 11.3 Å². The summed E-state index contributed by atoms with van der Waals surface area (Å²) in [6, 6.07) is 0.249. The van der Waals surface area contributed by atoms with Crippen molar-refractivity contribution in [1.82, 2.24) is 5.43 Å². The van der Waals surface area contributed by atoms with Gasteiger partial charge in [0, 0.05) is 12.6 Å². The predicted octanol–water partition coefficient (Wildman–Crippen LogP) is 2.71. The van der Waals surface area contributed by atoms with E-state index in [1.54, 1.807) is 0 Å². The van der Waals surface area contributed by atoms with E-state index >= 15 is 0 Å². The quantitative estimate of drug-likeness (QED) is 0.522. The van der Waals surface area contributed by atoms with Gasteiger partial charge in [-0.3, -0.25) is 11.3 Å². The van der Waals surface area contributed by atoms with E-state index < -0.39 is 0 Å². The van der Waals surface area contributed by atoms with Crippen molar-refractivity contribution < 1.29 is 4.74 Å². The standard InChI is InChI=1S/C13H30N2O/c1-7-16-12(10(2)3)11(15-14)8-9-13(4,5)6/h10-12,15H,7-9,14H2,1-6H3. The van der Waals surface area contributed by atoms with Crippen molar-refractivity contribution in [2.45, 2.75) is 66.5 Å². The molecule has 0 aliphatic rings. The van der Waals surface area contributed by atoms with Crippen LogP contribution in [0.5, 0.6) is 0 Å². The smallest absolute Gasteiger partial charge is 0.0764 e. The van der Waals surface area contributed by atoms with Crippen LogP contribution in [-0.4, -0.2) is 18.8 Å². The fourth-order valence-corrected chi connectivity index (χ4v) is 1.90. The zero-order chi connectivity index (χ0) is 12.8. The molecule has 3 heteroatoms. The minimum Gasteiger partial charge on any atom is -0.377 e. The molecule has 3 nitrogen and oxygen atoms in total. The summed E-state index contributed by atoms with van der Waals surface area (Å²) in [6.45, 7) is 13.9. The highest BCUT2D eigenvalue weighted by Gasteiger charge is 2.25. The molecule has 0 aromatic carbocycles. The first kappa shape index (κ1) is 15.9.